The van der Waals surface area contributed by atoms with E-state index < -0.39 is 0 Å². The van der Waals surface area contributed by atoms with Gasteiger partial charge in [-0.25, -0.2) is 0 Å². The van der Waals surface area contributed by atoms with Gasteiger partial charge < -0.3 is 9.80 Å². The second-order valence-corrected chi connectivity index (χ2v) is 3.44. The Morgan fingerprint density at radius 3 is 1.06 bits per heavy atom. The third-order valence-electron chi connectivity index (χ3n) is 2.68. The molecule has 0 fully saturated rings. The topological polar surface area (TPSA) is 6.48 Å². The Kier molecular flexibility index (Phi) is 21.3. The fraction of sp³-hybridized carbons (Fsp3) is 0.833. The van der Waals surface area contributed by atoms with E-state index in [1.54, 1.807) is 0 Å². The normalized spacial score (nSPS) is 10.6. The van der Waals surface area contributed by atoms with Gasteiger partial charge in [-0.3, -0.25) is 0 Å². The van der Waals surface area contributed by atoms with Gasteiger partial charge in [0, 0.05) is 13.1 Å². The monoisotopic (exact) mass is 358 g/mol. The van der Waals surface area contributed by atoms with Crippen molar-refractivity contribution in [3.63, 3.8) is 0 Å². The molecule has 100 valence electrons. The lowest BCUT2D eigenvalue weighted by Crippen LogP contribution is -2.24. The van der Waals surface area contributed by atoms with Crippen molar-refractivity contribution in [3.8, 4) is 0 Å². The molecule has 0 aromatic heterocycles. The van der Waals surface area contributed by atoms with E-state index in [2.05, 4.69) is 49.6 Å². The fourth-order valence-electron chi connectivity index (χ4n) is 1.41. The summed E-state index contributed by atoms with van der Waals surface area (Å²) in [6.45, 7) is 15.6. The lowest BCUT2D eigenvalue weighted by molar-refractivity contribution is 0.328. The van der Waals surface area contributed by atoms with Crippen LogP contribution in [0.15, 0.2) is 12.2 Å². The van der Waals surface area contributed by atoms with Gasteiger partial charge in [0.2, 0.25) is 0 Å². The lowest BCUT2D eigenvalue weighted by atomic mass is 10.4. The molecule has 0 saturated carbocycles. The third kappa shape index (κ3) is 11.1. The van der Waals surface area contributed by atoms with Crippen molar-refractivity contribution >= 4 is 34.0 Å². The smallest absolute Gasteiger partial charge is 0.0163 e. The van der Waals surface area contributed by atoms with E-state index in [-0.39, 0.29) is 34.0 Å². The summed E-state index contributed by atoms with van der Waals surface area (Å²) >= 11 is 0. The Morgan fingerprint density at radius 1 is 0.625 bits per heavy atom. The molecule has 0 spiro atoms. The van der Waals surface area contributed by atoms with Gasteiger partial charge in [0.15, 0.2) is 0 Å². The summed E-state index contributed by atoms with van der Waals surface area (Å²) in [6, 6.07) is 0. The van der Waals surface area contributed by atoms with Crippen LogP contribution in [0.1, 0.15) is 27.7 Å². The van der Waals surface area contributed by atoms with E-state index in [4.69, 9.17) is 0 Å². The minimum Gasteiger partial charge on any atom is -0.300 e. The molecule has 2 nitrogen and oxygen atoms in total. The van der Waals surface area contributed by atoms with Crippen LogP contribution in [0.4, 0.5) is 0 Å². The summed E-state index contributed by atoms with van der Waals surface area (Å²) in [5, 5.41) is 0. The molecular formula is C12H28Br2N2. The minimum absolute atomic E-state index is 0. The Labute approximate surface area is 123 Å². The Bertz CT molecular complexity index is 128. The fourth-order valence-corrected chi connectivity index (χ4v) is 1.41. The first-order valence-electron chi connectivity index (χ1n) is 5.88. The average molecular weight is 360 g/mol. The highest BCUT2D eigenvalue weighted by Gasteiger charge is 1.95. The Morgan fingerprint density at radius 2 is 0.875 bits per heavy atom. The predicted octanol–water partition coefficient (Wildman–Crippen LogP) is 3.38. The molecule has 0 amide bonds. The first kappa shape index (κ1) is 21.9. The van der Waals surface area contributed by atoms with Crippen LogP contribution in [0, 0.1) is 0 Å². The maximum Gasteiger partial charge on any atom is 0.0163 e. The SMILES string of the molecule is Br.Br.CCN(CC)C/C=C/CN(CC)CC. The van der Waals surface area contributed by atoms with Crippen molar-refractivity contribution < 1.29 is 0 Å². The number of halogens is 2. The minimum atomic E-state index is 0. The number of hydrogen-bond donors (Lipinski definition) is 0. The number of rotatable bonds is 8. The van der Waals surface area contributed by atoms with Crippen LogP contribution in [-0.4, -0.2) is 49.1 Å². The quantitative estimate of drug-likeness (QED) is 0.613. The molecule has 0 atom stereocenters. The van der Waals surface area contributed by atoms with Crippen LogP contribution in [-0.2, 0) is 0 Å². The second kappa shape index (κ2) is 15.6. The van der Waals surface area contributed by atoms with E-state index in [1.165, 1.54) is 0 Å². The van der Waals surface area contributed by atoms with Gasteiger partial charge in [-0.1, -0.05) is 39.8 Å². The molecule has 16 heavy (non-hydrogen) atoms. The average Bonchev–Trinajstić information content (AvgIpc) is 2.24. The largest absolute Gasteiger partial charge is 0.300 e. The van der Waals surface area contributed by atoms with Crippen LogP contribution in [0.5, 0.6) is 0 Å². The molecule has 0 unspecified atom stereocenters. The summed E-state index contributed by atoms with van der Waals surface area (Å²) in [5.41, 5.74) is 0. The highest BCUT2D eigenvalue weighted by molar-refractivity contribution is 8.93. The molecule has 0 bridgehead atoms. The Hall–Kier alpha value is 0.620. The van der Waals surface area contributed by atoms with Crippen molar-refractivity contribution in [3.05, 3.63) is 12.2 Å². The van der Waals surface area contributed by atoms with Crippen LogP contribution < -0.4 is 0 Å². The second-order valence-electron chi connectivity index (χ2n) is 3.44. The lowest BCUT2D eigenvalue weighted by Gasteiger charge is -2.17. The molecule has 0 N–H and O–H groups in total. The van der Waals surface area contributed by atoms with Crippen molar-refractivity contribution in [2.24, 2.45) is 0 Å². The van der Waals surface area contributed by atoms with Crippen LogP contribution in [0.25, 0.3) is 0 Å². The number of likely N-dealkylation sites (N-methyl/N-ethyl adjacent to an activating group) is 2. The molecular weight excluding hydrogens is 332 g/mol. The maximum absolute atomic E-state index is 2.42. The Balaban J connectivity index is -0.000000845. The molecule has 0 radical (unpaired) electrons. The third-order valence-corrected chi connectivity index (χ3v) is 2.68. The van der Waals surface area contributed by atoms with Crippen LogP contribution in [0.2, 0.25) is 0 Å². The molecule has 0 heterocycles. The molecule has 4 heteroatoms. The van der Waals surface area contributed by atoms with Gasteiger partial charge in [-0.2, -0.15) is 0 Å². The van der Waals surface area contributed by atoms with Gasteiger partial charge in [0.1, 0.15) is 0 Å². The predicted molar refractivity (Wildman–Crippen MR) is 85.4 cm³/mol. The summed E-state index contributed by atoms with van der Waals surface area (Å²) in [5.74, 6) is 0. The summed E-state index contributed by atoms with van der Waals surface area (Å²) in [7, 11) is 0. The van der Waals surface area contributed by atoms with E-state index in [1.807, 2.05) is 0 Å². The van der Waals surface area contributed by atoms with E-state index in [0.29, 0.717) is 0 Å². The van der Waals surface area contributed by atoms with Crippen LogP contribution >= 0.6 is 34.0 Å². The van der Waals surface area contributed by atoms with Gasteiger partial charge in [-0.05, 0) is 26.2 Å². The first-order chi connectivity index (χ1) is 6.78. The van der Waals surface area contributed by atoms with Crippen molar-refractivity contribution in [1.82, 2.24) is 9.80 Å². The molecule has 0 aliphatic heterocycles. The van der Waals surface area contributed by atoms with Crippen molar-refractivity contribution in [2.75, 3.05) is 39.3 Å². The van der Waals surface area contributed by atoms with Crippen molar-refractivity contribution in [1.29, 1.82) is 0 Å². The molecule has 0 aromatic rings. The van der Waals surface area contributed by atoms with Gasteiger partial charge in [0.25, 0.3) is 0 Å². The number of nitrogens with zero attached hydrogens (tertiary/aromatic N) is 2. The zero-order valence-electron chi connectivity index (χ0n) is 11.1. The van der Waals surface area contributed by atoms with Crippen molar-refractivity contribution in [2.45, 2.75) is 27.7 Å². The number of hydrogen-bond acceptors (Lipinski definition) is 2. The zero-order chi connectivity index (χ0) is 10.8. The first-order valence-corrected chi connectivity index (χ1v) is 5.88. The maximum atomic E-state index is 2.42. The molecule has 0 saturated heterocycles. The molecule has 0 aromatic carbocycles. The summed E-state index contributed by atoms with van der Waals surface area (Å²) < 4.78 is 0. The summed E-state index contributed by atoms with van der Waals surface area (Å²) in [6.07, 6.45) is 4.57. The summed E-state index contributed by atoms with van der Waals surface area (Å²) in [4.78, 5) is 4.83. The van der Waals surface area contributed by atoms with E-state index in [0.717, 1.165) is 39.3 Å². The molecule has 0 aliphatic carbocycles. The van der Waals surface area contributed by atoms with E-state index in [9.17, 15) is 0 Å². The van der Waals surface area contributed by atoms with Crippen LogP contribution in [0.3, 0.4) is 0 Å². The highest BCUT2D eigenvalue weighted by atomic mass is 79.9. The van der Waals surface area contributed by atoms with Gasteiger partial charge >= 0.3 is 0 Å². The molecule has 0 aliphatic rings. The van der Waals surface area contributed by atoms with E-state index >= 15 is 0 Å². The van der Waals surface area contributed by atoms with Gasteiger partial charge in [0.05, 0.1) is 0 Å². The van der Waals surface area contributed by atoms with Gasteiger partial charge in [-0.15, -0.1) is 34.0 Å². The highest BCUT2D eigenvalue weighted by Crippen LogP contribution is 1.90. The standard InChI is InChI=1S/C12H26N2.2BrH/c1-5-13(6-2)11-9-10-12-14(7-3)8-4;;/h9-10H,5-8,11-12H2,1-4H3;2*1H/b10-9+;;. The zero-order valence-corrected chi connectivity index (χ0v) is 14.5. The molecule has 0 rings (SSSR count).